The third-order valence-electron chi connectivity index (χ3n) is 5.78. The second-order valence-electron chi connectivity index (χ2n) is 7.94. The zero-order valence-electron chi connectivity index (χ0n) is 17.1. The molecule has 0 radical (unpaired) electrons. The Balaban J connectivity index is 1.61. The van der Waals surface area contributed by atoms with Crippen LogP contribution >= 0.6 is 15.9 Å². The largest absolute Gasteiger partial charge is 0.452 e. The highest BCUT2D eigenvalue weighted by molar-refractivity contribution is 9.10. The average Bonchev–Trinajstić information content (AvgIpc) is 3.47. The number of carbonyl (C=O) groups is 2. The molecule has 160 valence electrons. The van der Waals surface area contributed by atoms with Gasteiger partial charge >= 0.3 is 6.09 Å². The fourth-order valence-corrected chi connectivity index (χ4v) is 4.63. The van der Waals surface area contributed by atoms with E-state index in [9.17, 15) is 9.59 Å². The van der Waals surface area contributed by atoms with Crippen LogP contribution in [-0.4, -0.2) is 52.3 Å². The Bertz CT molecular complexity index is 929. The number of aromatic amines is 1. The summed E-state index contributed by atoms with van der Waals surface area (Å²) in [6.07, 6.45) is 2.57. The molecule has 4 rings (SSSR count). The van der Waals surface area contributed by atoms with Gasteiger partial charge in [-0.1, -0.05) is 28.1 Å². The van der Waals surface area contributed by atoms with Gasteiger partial charge in [-0.15, -0.1) is 0 Å². The lowest BCUT2D eigenvalue weighted by atomic mass is 9.78. The number of aromatic nitrogens is 2. The van der Waals surface area contributed by atoms with E-state index in [1.54, 1.807) is 6.20 Å². The Morgan fingerprint density at radius 3 is 2.63 bits per heavy atom. The molecule has 3 unspecified atom stereocenters. The number of hydrazine groups is 1. The van der Waals surface area contributed by atoms with E-state index in [4.69, 9.17) is 4.74 Å². The van der Waals surface area contributed by atoms with Gasteiger partial charge in [-0.3, -0.25) is 4.79 Å². The number of H-pyrrole nitrogens is 1. The first-order valence-corrected chi connectivity index (χ1v) is 10.8. The van der Waals surface area contributed by atoms with Crippen LogP contribution in [0.2, 0.25) is 0 Å². The topological polar surface area (TPSA) is 96.6 Å². The molecule has 8 nitrogen and oxygen atoms in total. The molecule has 4 atom stereocenters. The maximum atomic E-state index is 13.5. The summed E-state index contributed by atoms with van der Waals surface area (Å²) in [5.74, 6) is -0.0668. The van der Waals surface area contributed by atoms with Crippen molar-refractivity contribution in [3.8, 4) is 11.3 Å². The molecule has 0 spiro atoms. The van der Waals surface area contributed by atoms with Crippen LogP contribution < -0.4 is 5.43 Å². The van der Waals surface area contributed by atoms with Gasteiger partial charge in [0.05, 0.1) is 43.0 Å². The van der Waals surface area contributed by atoms with E-state index in [1.165, 1.54) is 12.1 Å². The van der Waals surface area contributed by atoms with E-state index in [1.807, 2.05) is 38.1 Å². The maximum Gasteiger partial charge on any atom is 0.425 e. The number of imidazole rings is 1. The summed E-state index contributed by atoms with van der Waals surface area (Å²) in [4.78, 5) is 33.2. The van der Waals surface area contributed by atoms with E-state index in [0.29, 0.717) is 0 Å². The molecule has 2 aromatic rings. The normalized spacial score (nSPS) is 24.8. The number of hydrogen-bond donors (Lipinski definition) is 2. The highest BCUT2D eigenvalue weighted by atomic mass is 79.9. The molecule has 0 saturated carbocycles. The number of hydrogen-bond acceptors (Lipinski definition) is 5. The first-order chi connectivity index (χ1) is 14.4. The average molecular weight is 477 g/mol. The number of amides is 2. The molecule has 3 heterocycles. The molecule has 30 heavy (non-hydrogen) atoms. The van der Waals surface area contributed by atoms with Crippen molar-refractivity contribution < 1.29 is 19.1 Å². The van der Waals surface area contributed by atoms with E-state index < -0.39 is 12.0 Å². The van der Waals surface area contributed by atoms with Crippen molar-refractivity contribution in [3.05, 3.63) is 40.8 Å². The summed E-state index contributed by atoms with van der Waals surface area (Å²) < 4.78 is 11.8. The predicted molar refractivity (Wildman–Crippen MR) is 113 cm³/mol. The van der Waals surface area contributed by atoms with Gasteiger partial charge in [-0.2, -0.15) is 0 Å². The van der Waals surface area contributed by atoms with Gasteiger partial charge in [0.15, 0.2) is 0 Å². The molecule has 2 saturated heterocycles. The van der Waals surface area contributed by atoms with Crippen molar-refractivity contribution in [1.82, 2.24) is 20.4 Å². The van der Waals surface area contributed by atoms with Crippen LogP contribution in [0.3, 0.4) is 0 Å². The van der Waals surface area contributed by atoms with Crippen LogP contribution in [-0.2, 0) is 14.3 Å². The summed E-state index contributed by atoms with van der Waals surface area (Å²) >= 11 is 3.45. The molecule has 2 bridgehead atoms. The van der Waals surface area contributed by atoms with E-state index >= 15 is 0 Å². The third kappa shape index (κ3) is 3.83. The molecule has 2 aliphatic rings. The van der Waals surface area contributed by atoms with E-state index in [-0.39, 0.29) is 30.1 Å². The smallest absolute Gasteiger partial charge is 0.425 e. The minimum absolute atomic E-state index is 0.0694. The SMILES string of the molecule is COC(=O)NN(C(=O)C1C2CCC(O2)[C@H]1c1ncc(-c2ccc(Br)cc2)[nH]1)C(C)C. The van der Waals surface area contributed by atoms with Gasteiger partial charge in [-0.05, 0) is 44.4 Å². The zero-order valence-corrected chi connectivity index (χ0v) is 18.7. The number of fused-ring (bicyclic) bond motifs is 2. The van der Waals surface area contributed by atoms with Crippen molar-refractivity contribution in [1.29, 1.82) is 0 Å². The number of ether oxygens (including phenoxy) is 2. The standard InChI is InChI=1S/C21H25BrN4O4/c1-11(2)26(25-21(28)29-3)20(27)18-16-9-8-15(30-16)17(18)19-23-10-14(24-19)12-4-6-13(22)7-5-12/h4-7,10-11,15-18H,8-9H2,1-3H3,(H,23,24)(H,25,28)/t15?,16?,17-,18?/m1/s1. The number of halogens is 1. The lowest BCUT2D eigenvalue weighted by Gasteiger charge is -2.33. The third-order valence-corrected chi connectivity index (χ3v) is 6.30. The lowest BCUT2D eigenvalue weighted by molar-refractivity contribution is -0.142. The fraction of sp³-hybridized carbons (Fsp3) is 0.476. The summed E-state index contributed by atoms with van der Waals surface area (Å²) in [5.41, 5.74) is 4.45. The Morgan fingerprint density at radius 2 is 1.97 bits per heavy atom. The summed E-state index contributed by atoms with van der Waals surface area (Å²) in [6, 6.07) is 7.72. The fourth-order valence-electron chi connectivity index (χ4n) is 4.36. The maximum absolute atomic E-state index is 13.5. The monoisotopic (exact) mass is 476 g/mol. The molecule has 2 amide bonds. The van der Waals surface area contributed by atoms with Crippen LogP contribution in [0.4, 0.5) is 4.79 Å². The number of nitrogens with zero attached hydrogens (tertiary/aromatic N) is 2. The predicted octanol–water partition coefficient (Wildman–Crippen LogP) is 3.61. The molecular formula is C21H25BrN4O4. The van der Waals surface area contributed by atoms with E-state index in [2.05, 4.69) is 36.1 Å². The number of benzene rings is 1. The van der Waals surface area contributed by atoms with Gasteiger partial charge < -0.3 is 14.5 Å². The van der Waals surface area contributed by atoms with Crippen LogP contribution in [0.5, 0.6) is 0 Å². The first-order valence-electron chi connectivity index (χ1n) is 10.0. The lowest BCUT2D eigenvalue weighted by Crippen LogP contribution is -2.54. The first kappa shape index (κ1) is 20.9. The Morgan fingerprint density at radius 1 is 1.27 bits per heavy atom. The zero-order chi connectivity index (χ0) is 21.4. The van der Waals surface area contributed by atoms with Gasteiger partial charge in [0.2, 0.25) is 5.91 Å². The molecule has 0 aliphatic carbocycles. The Labute approximate surface area is 183 Å². The summed E-state index contributed by atoms with van der Waals surface area (Å²) in [7, 11) is 1.27. The quantitative estimate of drug-likeness (QED) is 0.656. The van der Waals surface area contributed by atoms with Gasteiger partial charge in [0, 0.05) is 10.5 Å². The summed E-state index contributed by atoms with van der Waals surface area (Å²) in [5, 5.41) is 1.34. The van der Waals surface area contributed by atoms with Gasteiger partial charge in [0.1, 0.15) is 5.82 Å². The van der Waals surface area contributed by atoms with Crippen molar-refractivity contribution in [2.75, 3.05) is 7.11 Å². The number of carbonyl (C=O) groups excluding carboxylic acids is 2. The van der Waals surface area contributed by atoms with Crippen LogP contribution in [0.25, 0.3) is 11.3 Å². The molecular weight excluding hydrogens is 452 g/mol. The van der Waals surface area contributed by atoms with Crippen molar-refractivity contribution in [2.24, 2.45) is 5.92 Å². The number of methoxy groups -OCH3 is 1. The Hall–Kier alpha value is -2.39. The molecule has 2 N–H and O–H groups in total. The molecule has 1 aromatic heterocycles. The van der Waals surface area contributed by atoms with E-state index in [0.717, 1.165) is 34.4 Å². The minimum atomic E-state index is -0.673. The van der Waals surface area contributed by atoms with Gasteiger partial charge in [-0.25, -0.2) is 20.2 Å². The highest BCUT2D eigenvalue weighted by Crippen LogP contribution is 2.49. The second-order valence-corrected chi connectivity index (χ2v) is 8.85. The van der Waals surface area contributed by atoms with Crippen LogP contribution in [0.15, 0.2) is 34.9 Å². The molecule has 1 aromatic carbocycles. The molecule has 9 heteroatoms. The summed E-state index contributed by atoms with van der Waals surface area (Å²) in [6.45, 7) is 3.69. The number of nitrogens with one attached hydrogen (secondary N) is 2. The van der Waals surface area contributed by atoms with Gasteiger partial charge in [0.25, 0.3) is 0 Å². The van der Waals surface area contributed by atoms with Crippen molar-refractivity contribution in [3.63, 3.8) is 0 Å². The van der Waals surface area contributed by atoms with Crippen molar-refractivity contribution >= 4 is 27.9 Å². The van der Waals surface area contributed by atoms with Crippen molar-refractivity contribution in [2.45, 2.75) is 50.9 Å². The minimum Gasteiger partial charge on any atom is -0.452 e. The van der Waals surface area contributed by atoms with Crippen LogP contribution in [0, 0.1) is 5.92 Å². The molecule has 2 fully saturated rings. The second kappa shape index (κ2) is 8.39. The number of rotatable bonds is 4. The highest BCUT2D eigenvalue weighted by Gasteiger charge is 2.55. The van der Waals surface area contributed by atoms with Crippen LogP contribution in [0.1, 0.15) is 38.4 Å². The molecule has 2 aliphatic heterocycles. The Kier molecular flexibility index (Phi) is 5.84.